The number of carbonyl (C=O) groups excluding carboxylic acids is 2. The fraction of sp³-hybridized carbons (Fsp3) is 0.500. The van der Waals surface area contributed by atoms with E-state index in [1.165, 1.54) is 0 Å². The van der Waals surface area contributed by atoms with Gasteiger partial charge in [0.2, 0.25) is 5.91 Å². The molecular formula is C16H21Cl2N3O2. The molecule has 23 heavy (non-hydrogen) atoms. The van der Waals surface area contributed by atoms with Crippen LogP contribution in [-0.2, 0) is 4.79 Å². The molecule has 7 heteroatoms. The summed E-state index contributed by atoms with van der Waals surface area (Å²) in [6.07, 6.45) is 0.926. The maximum absolute atomic E-state index is 12.5. The zero-order valence-corrected chi connectivity index (χ0v) is 14.7. The Bertz CT molecular complexity index is 572. The van der Waals surface area contributed by atoms with E-state index in [-0.39, 0.29) is 11.8 Å². The summed E-state index contributed by atoms with van der Waals surface area (Å²) in [5.41, 5.74) is 0.463. The fourth-order valence-corrected chi connectivity index (χ4v) is 2.96. The van der Waals surface area contributed by atoms with Gasteiger partial charge in [0.05, 0.1) is 17.1 Å². The van der Waals surface area contributed by atoms with Crippen LogP contribution in [0.2, 0.25) is 10.0 Å². The Balaban J connectivity index is 1.86. The van der Waals surface area contributed by atoms with E-state index in [0.717, 1.165) is 6.42 Å². The zero-order chi connectivity index (χ0) is 16.8. The first-order chi connectivity index (χ1) is 11.0. The van der Waals surface area contributed by atoms with Crippen LogP contribution >= 0.6 is 23.2 Å². The molecule has 0 spiro atoms. The first kappa shape index (κ1) is 18.0. The molecule has 0 aliphatic carbocycles. The summed E-state index contributed by atoms with van der Waals surface area (Å²) < 4.78 is 0. The third-order valence-corrected chi connectivity index (χ3v) is 4.31. The number of nitrogens with one attached hydrogen (secondary N) is 1. The molecule has 1 saturated heterocycles. The predicted octanol–water partition coefficient (Wildman–Crippen LogP) is 2.28. The maximum Gasteiger partial charge on any atom is 0.255 e. The molecule has 0 aromatic heterocycles. The number of piperazine rings is 1. The second kappa shape index (κ2) is 8.52. The monoisotopic (exact) mass is 357 g/mol. The minimum absolute atomic E-state index is 0.0346. The van der Waals surface area contributed by atoms with Crippen LogP contribution in [0.25, 0.3) is 0 Å². The van der Waals surface area contributed by atoms with Crippen LogP contribution in [0.1, 0.15) is 23.7 Å². The van der Waals surface area contributed by atoms with E-state index >= 15 is 0 Å². The van der Waals surface area contributed by atoms with Crippen molar-refractivity contribution in [3.63, 3.8) is 0 Å². The lowest BCUT2D eigenvalue weighted by atomic mass is 10.1. The molecule has 5 nitrogen and oxygen atoms in total. The van der Waals surface area contributed by atoms with Crippen molar-refractivity contribution < 1.29 is 9.59 Å². The van der Waals surface area contributed by atoms with Gasteiger partial charge < -0.3 is 10.2 Å². The van der Waals surface area contributed by atoms with Crippen molar-refractivity contribution in [1.29, 1.82) is 0 Å². The molecular weight excluding hydrogens is 337 g/mol. The van der Waals surface area contributed by atoms with E-state index in [0.29, 0.717) is 54.9 Å². The molecule has 1 aliphatic heterocycles. The Kier molecular flexibility index (Phi) is 6.69. The first-order valence-corrected chi connectivity index (χ1v) is 8.50. The predicted molar refractivity (Wildman–Crippen MR) is 92.1 cm³/mol. The van der Waals surface area contributed by atoms with Crippen LogP contribution in [0, 0.1) is 0 Å². The number of benzene rings is 1. The van der Waals surface area contributed by atoms with Crippen LogP contribution in [0.5, 0.6) is 0 Å². The van der Waals surface area contributed by atoms with Crippen molar-refractivity contribution in [3.05, 3.63) is 33.8 Å². The second-order valence-electron chi connectivity index (χ2n) is 5.54. The molecule has 1 aromatic carbocycles. The highest BCUT2D eigenvalue weighted by Crippen LogP contribution is 2.22. The SMILES string of the molecule is CCCNC(=O)CN1CCN(C(=O)c2ccc(Cl)cc2Cl)CC1. The second-order valence-corrected chi connectivity index (χ2v) is 6.39. The molecule has 1 heterocycles. The highest BCUT2D eigenvalue weighted by Gasteiger charge is 2.24. The topological polar surface area (TPSA) is 52.7 Å². The highest BCUT2D eigenvalue weighted by atomic mass is 35.5. The van der Waals surface area contributed by atoms with Gasteiger partial charge in [-0.25, -0.2) is 0 Å². The van der Waals surface area contributed by atoms with E-state index in [1.54, 1.807) is 23.1 Å². The summed E-state index contributed by atoms with van der Waals surface area (Å²) in [5, 5.41) is 3.73. The Morgan fingerprint density at radius 3 is 2.48 bits per heavy atom. The Morgan fingerprint density at radius 2 is 1.87 bits per heavy atom. The summed E-state index contributed by atoms with van der Waals surface area (Å²) in [6.45, 7) is 5.62. The number of hydrogen-bond acceptors (Lipinski definition) is 3. The van der Waals surface area contributed by atoms with Gasteiger partial charge in [-0.2, -0.15) is 0 Å². The van der Waals surface area contributed by atoms with Gasteiger partial charge in [-0.1, -0.05) is 30.1 Å². The summed E-state index contributed by atoms with van der Waals surface area (Å²) in [5.74, 6) is -0.0610. The van der Waals surface area contributed by atoms with Crippen LogP contribution < -0.4 is 5.32 Å². The Labute approximate surface area is 146 Å². The van der Waals surface area contributed by atoms with E-state index in [1.807, 2.05) is 6.92 Å². The van der Waals surface area contributed by atoms with Gasteiger partial charge >= 0.3 is 0 Å². The summed E-state index contributed by atoms with van der Waals surface area (Å²) in [4.78, 5) is 28.0. The summed E-state index contributed by atoms with van der Waals surface area (Å²) >= 11 is 12.0. The smallest absolute Gasteiger partial charge is 0.255 e. The molecule has 126 valence electrons. The zero-order valence-electron chi connectivity index (χ0n) is 13.1. The normalized spacial score (nSPS) is 15.5. The van der Waals surface area contributed by atoms with Crippen LogP contribution in [-0.4, -0.2) is 60.9 Å². The van der Waals surface area contributed by atoms with Crippen molar-refractivity contribution in [1.82, 2.24) is 15.1 Å². The molecule has 1 fully saturated rings. The molecule has 2 rings (SSSR count). The highest BCUT2D eigenvalue weighted by molar-refractivity contribution is 6.36. The quantitative estimate of drug-likeness (QED) is 0.879. The van der Waals surface area contributed by atoms with Gasteiger partial charge in [-0.05, 0) is 24.6 Å². The minimum atomic E-state index is -0.0956. The van der Waals surface area contributed by atoms with Crippen LogP contribution in [0.3, 0.4) is 0 Å². The largest absolute Gasteiger partial charge is 0.355 e. The van der Waals surface area contributed by atoms with Crippen molar-refractivity contribution >= 4 is 35.0 Å². The average Bonchev–Trinajstić information content (AvgIpc) is 2.53. The van der Waals surface area contributed by atoms with E-state index in [4.69, 9.17) is 23.2 Å². The molecule has 1 N–H and O–H groups in total. The molecule has 1 aliphatic rings. The average molecular weight is 358 g/mol. The van der Waals surface area contributed by atoms with Crippen molar-refractivity contribution in [2.24, 2.45) is 0 Å². The molecule has 2 amide bonds. The van der Waals surface area contributed by atoms with E-state index in [2.05, 4.69) is 10.2 Å². The molecule has 0 unspecified atom stereocenters. The van der Waals surface area contributed by atoms with E-state index in [9.17, 15) is 9.59 Å². The van der Waals surface area contributed by atoms with Crippen molar-refractivity contribution in [2.45, 2.75) is 13.3 Å². The molecule has 1 aromatic rings. The molecule has 0 radical (unpaired) electrons. The summed E-state index contributed by atoms with van der Waals surface area (Å²) in [7, 11) is 0. The standard InChI is InChI=1S/C16H21Cl2N3O2/c1-2-5-19-15(22)11-20-6-8-21(9-7-20)16(23)13-4-3-12(17)10-14(13)18/h3-4,10H,2,5-9,11H2,1H3,(H,19,22). The van der Waals surface area contributed by atoms with Crippen molar-refractivity contribution in [3.8, 4) is 0 Å². The Morgan fingerprint density at radius 1 is 1.17 bits per heavy atom. The molecule has 0 atom stereocenters. The van der Waals surface area contributed by atoms with Gasteiger partial charge in [0, 0.05) is 37.7 Å². The van der Waals surface area contributed by atoms with Crippen LogP contribution in [0.4, 0.5) is 0 Å². The van der Waals surface area contributed by atoms with Gasteiger partial charge in [0.25, 0.3) is 5.91 Å². The molecule has 0 saturated carbocycles. The lowest BCUT2D eigenvalue weighted by Crippen LogP contribution is -2.51. The lowest BCUT2D eigenvalue weighted by molar-refractivity contribution is -0.122. The van der Waals surface area contributed by atoms with Gasteiger partial charge in [-0.15, -0.1) is 0 Å². The maximum atomic E-state index is 12.5. The van der Waals surface area contributed by atoms with E-state index < -0.39 is 0 Å². The number of carbonyl (C=O) groups is 2. The number of halogens is 2. The van der Waals surface area contributed by atoms with Gasteiger partial charge in [0.15, 0.2) is 0 Å². The third-order valence-electron chi connectivity index (χ3n) is 3.76. The minimum Gasteiger partial charge on any atom is -0.355 e. The van der Waals surface area contributed by atoms with Gasteiger partial charge in [-0.3, -0.25) is 14.5 Å². The number of nitrogens with zero attached hydrogens (tertiary/aromatic N) is 2. The summed E-state index contributed by atoms with van der Waals surface area (Å²) in [6, 6.07) is 4.89. The third kappa shape index (κ3) is 5.09. The number of hydrogen-bond donors (Lipinski definition) is 1. The first-order valence-electron chi connectivity index (χ1n) is 7.74. The fourth-order valence-electron chi connectivity index (χ4n) is 2.47. The molecule has 0 bridgehead atoms. The Hall–Kier alpha value is -1.30. The number of amides is 2. The van der Waals surface area contributed by atoms with Gasteiger partial charge in [0.1, 0.15) is 0 Å². The van der Waals surface area contributed by atoms with Crippen LogP contribution in [0.15, 0.2) is 18.2 Å². The number of rotatable bonds is 5. The lowest BCUT2D eigenvalue weighted by Gasteiger charge is -2.34. The van der Waals surface area contributed by atoms with Crippen molar-refractivity contribution in [2.75, 3.05) is 39.3 Å².